The predicted octanol–water partition coefficient (Wildman–Crippen LogP) is 2.73. The summed E-state index contributed by atoms with van der Waals surface area (Å²) < 4.78 is 38.0. The highest BCUT2D eigenvalue weighted by Crippen LogP contribution is 2.38. The molecule has 2 aromatic rings. The summed E-state index contributed by atoms with van der Waals surface area (Å²) in [5, 5.41) is 0. The van der Waals surface area contributed by atoms with Crippen molar-refractivity contribution in [3.63, 3.8) is 0 Å². The highest BCUT2D eigenvalue weighted by atomic mass is 32.2. The molecule has 3 rings (SSSR count). The summed E-state index contributed by atoms with van der Waals surface area (Å²) in [6.45, 7) is 3.21. The molecule has 120 valence electrons. The van der Waals surface area contributed by atoms with E-state index in [0.717, 1.165) is 5.56 Å². The number of sulfonamides is 1. The third kappa shape index (κ3) is 3.00. The number of nitrogens with one attached hydrogen (secondary N) is 1. The second kappa shape index (κ2) is 5.58. The van der Waals surface area contributed by atoms with Crippen LogP contribution in [-0.2, 0) is 10.0 Å². The van der Waals surface area contributed by atoms with E-state index in [1.54, 1.807) is 25.1 Å². The number of carbonyl (C=O) groups is 1. The fourth-order valence-corrected chi connectivity index (χ4v) is 3.48. The Morgan fingerprint density at radius 1 is 1.13 bits per heavy atom. The van der Waals surface area contributed by atoms with Gasteiger partial charge in [-0.3, -0.25) is 9.52 Å². The van der Waals surface area contributed by atoms with E-state index in [4.69, 9.17) is 9.47 Å². The lowest BCUT2D eigenvalue weighted by molar-refractivity contribution is 0.101. The van der Waals surface area contributed by atoms with Crippen LogP contribution in [0.2, 0.25) is 0 Å². The number of fused-ring (bicyclic) bond motifs is 1. The number of ketones is 1. The van der Waals surface area contributed by atoms with Gasteiger partial charge in [-0.05, 0) is 37.6 Å². The van der Waals surface area contributed by atoms with Crippen LogP contribution in [0.15, 0.2) is 41.3 Å². The molecule has 1 aliphatic heterocycles. The van der Waals surface area contributed by atoms with Crippen molar-refractivity contribution in [2.24, 2.45) is 0 Å². The highest BCUT2D eigenvalue weighted by molar-refractivity contribution is 7.92. The minimum absolute atomic E-state index is 0.0424. The fraction of sp³-hybridized carbons (Fsp3) is 0.188. The standard InChI is InChI=1S/C16H15NO5S/c1-10-4-3-5-12(6-10)23(19,20)17-14-8-16-15(21-9-22-16)7-13(14)11(2)18/h3-8,17H,9H2,1-2H3. The van der Waals surface area contributed by atoms with Gasteiger partial charge in [-0.15, -0.1) is 0 Å². The minimum atomic E-state index is -3.81. The summed E-state index contributed by atoms with van der Waals surface area (Å²) in [7, 11) is -3.81. The molecular weight excluding hydrogens is 318 g/mol. The van der Waals surface area contributed by atoms with Crippen LogP contribution in [0.1, 0.15) is 22.8 Å². The van der Waals surface area contributed by atoms with Gasteiger partial charge in [0, 0.05) is 11.6 Å². The predicted molar refractivity (Wildman–Crippen MR) is 84.6 cm³/mol. The zero-order valence-electron chi connectivity index (χ0n) is 12.6. The molecule has 0 fully saturated rings. The molecule has 0 aromatic heterocycles. The van der Waals surface area contributed by atoms with Gasteiger partial charge in [0.1, 0.15) is 0 Å². The maximum atomic E-state index is 12.5. The van der Waals surface area contributed by atoms with Crippen molar-refractivity contribution in [2.75, 3.05) is 11.5 Å². The van der Waals surface area contributed by atoms with Gasteiger partial charge in [0.25, 0.3) is 10.0 Å². The zero-order chi connectivity index (χ0) is 16.6. The van der Waals surface area contributed by atoms with Crippen molar-refractivity contribution < 1.29 is 22.7 Å². The Hall–Kier alpha value is -2.54. The van der Waals surface area contributed by atoms with Crippen molar-refractivity contribution in [2.45, 2.75) is 18.7 Å². The number of ether oxygens (including phenoxy) is 2. The van der Waals surface area contributed by atoms with E-state index >= 15 is 0 Å². The molecule has 0 amide bonds. The molecule has 0 aliphatic carbocycles. The molecule has 0 saturated carbocycles. The monoisotopic (exact) mass is 333 g/mol. The van der Waals surface area contributed by atoms with Crippen LogP contribution in [0.25, 0.3) is 0 Å². The largest absolute Gasteiger partial charge is 0.454 e. The Morgan fingerprint density at radius 2 is 1.83 bits per heavy atom. The van der Waals surface area contributed by atoms with E-state index in [2.05, 4.69) is 4.72 Å². The van der Waals surface area contributed by atoms with Crippen LogP contribution in [0.5, 0.6) is 11.5 Å². The fourth-order valence-electron chi connectivity index (χ4n) is 2.30. The number of aryl methyl sites for hydroxylation is 1. The first-order chi connectivity index (χ1) is 10.9. The molecular formula is C16H15NO5S. The van der Waals surface area contributed by atoms with Crippen LogP contribution in [0.4, 0.5) is 5.69 Å². The van der Waals surface area contributed by atoms with Crippen molar-refractivity contribution in [3.05, 3.63) is 47.5 Å². The molecule has 6 nitrogen and oxygen atoms in total. The number of Topliss-reactive ketones (excluding diaryl/α,β-unsaturated/α-hetero) is 1. The molecule has 1 heterocycles. The number of carbonyl (C=O) groups excluding carboxylic acids is 1. The molecule has 1 aliphatic rings. The Bertz CT molecular complexity index is 889. The molecule has 0 spiro atoms. The maximum Gasteiger partial charge on any atom is 0.261 e. The molecule has 23 heavy (non-hydrogen) atoms. The van der Waals surface area contributed by atoms with E-state index in [-0.39, 0.29) is 28.7 Å². The highest BCUT2D eigenvalue weighted by Gasteiger charge is 2.23. The second-order valence-corrected chi connectivity index (χ2v) is 6.91. The Morgan fingerprint density at radius 3 is 2.48 bits per heavy atom. The summed E-state index contributed by atoms with van der Waals surface area (Å²) in [6, 6.07) is 9.47. The topological polar surface area (TPSA) is 81.7 Å². The molecule has 0 unspecified atom stereocenters. The lowest BCUT2D eigenvalue weighted by Crippen LogP contribution is -2.15. The van der Waals surface area contributed by atoms with Gasteiger partial charge in [0.05, 0.1) is 10.6 Å². The lowest BCUT2D eigenvalue weighted by Gasteiger charge is -2.12. The first kappa shape index (κ1) is 15.4. The SMILES string of the molecule is CC(=O)c1cc2c(cc1NS(=O)(=O)c1cccc(C)c1)OCO2. The average molecular weight is 333 g/mol. The van der Waals surface area contributed by atoms with Crippen molar-refractivity contribution >= 4 is 21.5 Å². The Kier molecular flexibility index (Phi) is 3.73. The number of hydrogen-bond acceptors (Lipinski definition) is 5. The van der Waals surface area contributed by atoms with Crippen LogP contribution in [-0.4, -0.2) is 21.0 Å². The third-order valence-electron chi connectivity index (χ3n) is 3.44. The van der Waals surface area contributed by atoms with E-state index in [1.165, 1.54) is 25.1 Å². The molecule has 0 bridgehead atoms. The van der Waals surface area contributed by atoms with Crippen molar-refractivity contribution in [1.82, 2.24) is 0 Å². The molecule has 1 N–H and O–H groups in total. The van der Waals surface area contributed by atoms with E-state index in [9.17, 15) is 13.2 Å². The van der Waals surface area contributed by atoms with Gasteiger partial charge < -0.3 is 9.47 Å². The minimum Gasteiger partial charge on any atom is -0.454 e. The smallest absolute Gasteiger partial charge is 0.261 e. The second-order valence-electron chi connectivity index (χ2n) is 5.23. The Balaban J connectivity index is 2.04. The summed E-state index contributed by atoms with van der Waals surface area (Å²) >= 11 is 0. The van der Waals surface area contributed by atoms with Gasteiger partial charge in [0.15, 0.2) is 17.3 Å². The summed E-state index contributed by atoms with van der Waals surface area (Å²) in [6.07, 6.45) is 0. The maximum absolute atomic E-state index is 12.5. The molecule has 2 aromatic carbocycles. The summed E-state index contributed by atoms with van der Waals surface area (Å²) in [5.74, 6) is 0.552. The first-order valence-electron chi connectivity index (χ1n) is 6.91. The van der Waals surface area contributed by atoms with Crippen molar-refractivity contribution in [3.8, 4) is 11.5 Å². The number of benzene rings is 2. The van der Waals surface area contributed by atoms with Gasteiger partial charge in [0.2, 0.25) is 6.79 Å². The number of rotatable bonds is 4. The van der Waals surface area contributed by atoms with Crippen LogP contribution < -0.4 is 14.2 Å². The van der Waals surface area contributed by atoms with Crippen LogP contribution >= 0.6 is 0 Å². The summed E-state index contributed by atoms with van der Waals surface area (Å²) in [4.78, 5) is 11.9. The normalized spacial score (nSPS) is 13.0. The van der Waals surface area contributed by atoms with Gasteiger partial charge in [-0.2, -0.15) is 0 Å². The quantitative estimate of drug-likeness (QED) is 0.870. The third-order valence-corrected chi connectivity index (χ3v) is 4.80. The average Bonchev–Trinajstić information content (AvgIpc) is 2.93. The summed E-state index contributed by atoms with van der Waals surface area (Å²) in [5.41, 5.74) is 1.22. The first-order valence-corrected chi connectivity index (χ1v) is 8.39. The zero-order valence-corrected chi connectivity index (χ0v) is 13.4. The van der Waals surface area contributed by atoms with Gasteiger partial charge in [-0.1, -0.05) is 12.1 Å². The van der Waals surface area contributed by atoms with Gasteiger partial charge in [-0.25, -0.2) is 8.42 Å². The molecule has 0 saturated heterocycles. The van der Waals surface area contributed by atoms with Crippen LogP contribution in [0, 0.1) is 6.92 Å². The van der Waals surface area contributed by atoms with E-state index < -0.39 is 10.0 Å². The van der Waals surface area contributed by atoms with Crippen molar-refractivity contribution in [1.29, 1.82) is 0 Å². The van der Waals surface area contributed by atoms with E-state index in [1.807, 2.05) is 0 Å². The molecule has 7 heteroatoms. The van der Waals surface area contributed by atoms with Gasteiger partial charge >= 0.3 is 0 Å². The number of hydrogen-bond donors (Lipinski definition) is 1. The lowest BCUT2D eigenvalue weighted by atomic mass is 10.1. The number of anilines is 1. The molecule has 0 radical (unpaired) electrons. The molecule has 0 atom stereocenters. The van der Waals surface area contributed by atoms with Crippen LogP contribution in [0.3, 0.4) is 0 Å². The Labute approximate surface area is 134 Å². The van der Waals surface area contributed by atoms with E-state index in [0.29, 0.717) is 11.5 Å².